The number of carbonyl (C=O) groups is 1. The summed E-state index contributed by atoms with van der Waals surface area (Å²) in [5.74, 6) is 0.495. The summed E-state index contributed by atoms with van der Waals surface area (Å²) in [7, 11) is 3.36. The molecule has 1 aliphatic rings. The zero-order valence-electron chi connectivity index (χ0n) is 13.4. The molecule has 1 amide bonds. The molecule has 1 aromatic carbocycles. The van der Waals surface area contributed by atoms with Crippen LogP contribution in [0.4, 0.5) is 0 Å². The lowest BCUT2D eigenvalue weighted by Crippen LogP contribution is -2.35. The van der Waals surface area contributed by atoms with Crippen LogP contribution in [-0.2, 0) is 20.3 Å². The van der Waals surface area contributed by atoms with Crippen molar-refractivity contribution in [1.82, 2.24) is 4.90 Å². The van der Waals surface area contributed by atoms with Gasteiger partial charge in [-0.15, -0.1) is 0 Å². The van der Waals surface area contributed by atoms with Crippen molar-refractivity contribution >= 4 is 25.6 Å². The van der Waals surface area contributed by atoms with Gasteiger partial charge < -0.3 is 9.64 Å². The van der Waals surface area contributed by atoms with Gasteiger partial charge in [0.25, 0.3) is 0 Å². The fraction of sp³-hybridized carbons (Fsp3) is 0.562. The molecule has 128 valence electrons. The number of nitrogens with zero attached hydrogens (tertiary/aromatic N) is 1. The highest BCUT2D eigenvalue weighted by Crippen LogP contribution is 2.24. The lowest BCUT2D eigenvalue weighted by atomic mass is 10.1. The van der Waals surface area contributed by atoms with Crippen molar-refractivity contribution in [2.24, 2.45) is 5.92 Å². The standard InChI is InChI=1S/C16H22ClNO4S/c1-12(3-4-13-5-7-15(22-2)8-6-13)18-10-14(9-16(18)19)11-23(17,20)21/h5-8,12,14H,3-4,9-11H2,1-2H3. The van der Waals surface area contributed by atoms with Crippen molar-refractivity contribution < 1.29 is 17.9 Å². The highest BCUT2D eigenvalue weighted by atomic mass is 35.7. The summed E-state index contributed by atoms with van der Waals surface area (Å²) < 4.78 is 27.4. The molecule has 2 atom stereocenters. The summed E-state index contributed by atoms with van der Waals surface area (Å²) in [6.07, 6.45) is 1.95. The summed E-state index contributed by atoms with van der Waals surface area (Å²) in [5.41, 5.74) is 1.18. The minimum Gasteiger partial charge on any atom is -0.497 e. The quantitative estimate of drug-likeness (QED) is 0.701. The van der Waals surface area contributed by atoms with Crippen LogP contribution in [-0.4, -0.2) is 44.7 Å². The van der Waals surface area contributed by atoms with Gasteiger partial charge in [0.15, 0.2) is 0 Å². The molecule has 1 aromatic rings. The summed E-state index contributed by atoms with van der Waals surface area (Å²) in [6.45, 7) is 2.47. The summed E-state index contributed by atoms with van der Waals surface area (Å²) in [6, 6.07) is 7.94. The van der Waals surface area contributed by atoms with Gasteiger partial charge in [0, 0.05) is 35.6 Å². The first-order valence-corrected chi connectivity index (χ1v) is 10.1. The summed E-state index contributed by atoms with van der Waals surface area (Å²) in [4.78, 5) is 13.9. The molecule has 0 saturated carbocycles. The molecule has 0 radical (unpaired) electrons. The first-order valence-electron chi connectivity index (χ1n) is 7.63. The first-order chi connectivity index (χ1) is 10.8. The maximum absolute atomic E-state index is 12.1. The van der Waals surface area contributed by atoms with Crippen LogP contribution >= 0.6 is 10.7 Å². The van der Waals surface area contributed by atoms with Crippen molar-refractivity contribution in [3.05, 3.63) is 29.8 Å². The molecule has 0 bridgehead atoms. The third-order valence-corrected chi connectivity index (χ3v) is 5.46. The van der Waals surface area contributed by atoms with Crippen LogP contribution in [0.5, 0.6) is 5.75 Å². The highest BCUT2D eigenvalue weighted by molar-refractivity contribution is 8.13. The maximum Gasteiger partial charge on any atom is 0.232 e. The zero-order valence-corrected chi connectivity index (χ0v) is 14.9. The molecule has 1 heterocycles. The number of amides is 1. The van der Waals surface area contributed by atoms with E-state index in [9.17, 15) is 13.2 Å². The van der Waals surface area contributed by atoms with Crippen LogP contribution in [0.1, 0.15) is 25.3 Å². The molecular formula is C16H22ClNO4S. The van der Waals surface area contributed by atoms with Crippen molar-refractivity contribution in [3.63, 3.8) is 0 Å². The maximum atomic E-state index is 12.1. The van der Waals surface area contributed by atoms with Gasteiger partial charge in [0.05, 0.1) is 12.9 Å². The van der Waals surface area contributed by atoms with E-state index in [-0.39, 0.29) is 30.0 Å². The van der Waals surface area contributed by atoms with Crippen LogP contribution in [0.25, 0.3) is 0 Å². The lowest BCUT2D eigenvalue weighted by Gasteiger charge is -2.25. The number of hydrogen-bond donors (Lipinski definition) is 0. The van der Waals surface area contributed by atoms with Crippen molar-refractivity contribution in [1.29, 1.82) is 0 Å². The summed E-state index contributed by atoms with van der Waals surface area (Å²) >= 11 is 0. The lowest BCUT2D eigenvalue weighted by molar-refractivity contribution is -0.129. The van der Waals surface area contributed by atoms with Gasteiger partial charge in [-0.2, -0.15) is 0 Å². The van der Waals surface area contributed by atoms with E-state index in [0.29, 0.717) is 6.54 Å². The number of methoxy groups -OCH3 is 1. The molecule has 5 nitrogen and oxygen atoms in total. The fourth-order valence-electron chi connectivity index (χ4n) is 2.95. The van der Waals surface area contributed by atoms with E-state index in [4.69, 9.17) is 15.4 Å². The number of benzene rings is 1. The van der Waals surface area contributed by atoms with Crippen molar-refractivity contribution in [2.45, 2.75) is 32.2 Å². The Labute approximate surface area is 142 Å². The van der Waals surface area contributed by atoms with E-state index >= 15 is 0 Å². The average molecular weight is 360 g/mol. The Morgan fingerprint density at radius 2 is 2.00 bits per heavy atom. The molecule has 0 N–H and O–H groups in total. The Morgan fingerprint density at radius 1 is 1.35 bits per heavy atom. The largest absolute Gasteiger partial charge is 0.497 e. The Kier molecular flexibility index (Phi) is 5.92. The number of ether oxygens (including phenoxy) is 1. The zero-order chi connectivity index (χ0) is 17.0. The average Bonchev–Trinajstić information content (AvgIpc) is 2.83. The molecule has 2 unspecified atom stereocenters. The van der Waals surface area contributed by atoms with Gasteiger partial charge in [0.2, 0.25) is 15.0 Å². The van der Waals surface area contributed by atoms with Gasteiger partial charge in [-0.05, 0) is 37.5 Å². The molecule has 1 aliphatic heterocycles. The number of rotatable bonds is 7. The van der Waals surface area contributed by atoms with Crippen LogP contribution in [0, 0.1) is 5.92 Å². The van der Waals surface area contributed by atoms with E-state index in [2.05, 4.69) is 0 Å². The van der Waals surface area contributed by atoms with E-state index in [1.54, 1.807) is 12.0 Å². The topological polar surface area (TPSA) is 63.7 Å². The van der Waals surface area contributed by atoms with E-state index in [1.807, 2.05) is 31.2 Å². The van der Waals surface area contributed by atoms with E-state index in [1.165, 1.54) is 5.56 Å². The minimum absolute atomic E-state index is 0.0116. The molecule has 0 spiro atoms. The molecule has 23 heavy (non-hydrogen) atoms. The fourth-order valence-corrected chi connectivity index (χ4v) is 4.27. The third kappa shape index (κ3) is 5.39. The Morgan fingerprint density at radius 3 is 2.57 bits per heavy atom. The predicted molar refractivity (Wildman–Crippen MR) is 90.2 cm³/mol. The number of hydrogen-bond acceptors (Lipinski definition) is 4. The molecule has 7 heteroatoms. The van der Waals surface area contributed by atoms with E-state index in [0.717, 1.165) is 18.6 Å². The number of halogens is 1. The van der Waals surface area contributed by atoms with Crippen molar-refractivity contribution in [2.75, 3.05) is 19.4 Å². The second kappa shape index (κ2) is 7.53. The van der Waals surface area contributed by atoms with E-state index < -0.39 is 9.05 Å². The SMILES string of the molecule is COc1ccc(CCC(C)N2CC(CS(=O)(=O)Cl)CC2=O)cc1. The second-order valence-electron chi connectivity index (χ2n) is 6.06. The van der Waals surface area contributed by atoms with Gasteiger partial charge in [0.1, 0.15) is 5.75 Å². The molecule has 1 fully saturated rings. The van der Waals surface area contributed by atoms with Gasteiger partial charge in [-0.3, -0.25) is 4.79 Å². The van der Waals surface area contributed by atoms with Gasteiger partial charge in [-0.25, -0.2) is 8.42 Å². The normalized spacial score (nSPS) is 19.9. The number of likely N-dealkylation sites (tertiary alicyclic amines) is 1. The molecule has 1 saturated heterocycles. The monoisotopic (exact) mass is 359 g/mol. The molecule has 2 rings (SSSR count). The van der Waals surface area contributed by atoms with Crippen LogP contribution in [0.15, 0.2) is 24.3 Å². The molecular weight excluding hydrogens is 338 g/mol. The summed E-state index contributed by atoms with van der Waals surface area (Å²) in [5, 5.41) is 0. The van der Waals surface area contributed by atoms with Crippen molar-refractivity contribution in [3.8, 4) is 5.75 Å². The van der Waals surface area contributed by atoms with Crippen LogP contribution in [0.3, 0.4) is 0 Å². The third-order valence-electron chi connectivity index (χ3n) is 4.22. The Hall–Kier alpha value is -1.27. The number of carbonyl (C=O) groups excluding carboxylic acids is 1. The highest BCUT2D eigenvalue weighted by Gasteiger charge is 2.34. The van der Waals surface area contributed by atoms with Crippen LogP contribution in [0.2, 0.25) is 0 Å². The second-order valence-corrected chi connectivity index (χ2v) is 8.88. The first kappa shape index (κ1) is 18.1. The minimum atomic E-state index is -3.56. The van der Waals surface area contributed by atoms with Gasteiger partial charge >= 0.3 is 0 Å². The Bertz CT molecular complexity index is 645. The molecule has 0 aromatic heterocycles. The molecule has 0 aliphatic carbocycles. The smallest absolute Gasteiger partial charge is 0.232 e. The van der Waals surface area contributed by atoms with Crippen LogP contribution < -0.4 is 4.74 Å². The van der Waals surface area contributed by atoms with Gasteiger partial charge in [-0.1, -0.05) is 12.1 Å². The number of aryl methyl sites for hydroxylation is 1. The Balaban J connectivity index is 1.87. The predicted octanol–water partition coefficient (Wildman–Crippen LogP) is 2.43.